The second-order valence-corrected chi connectivity index (χ2v) is 3.94. The van der Waals surface area contributed by atoms with Crippen molar-refractivity contribution in [3.05, 3.63) is 23.8 Å². The summed E-state index contributed by atoms with van der Waals surface area (Å²) in [6, 6.07) is 2.18. The molecule has 1 atom stereocenters. The Hall–Kier alpha value is -0.960. The molecule has 0 bridgehead atoms. The predicted octanol–water partition coefficient (Wildman–Crippen LogP) is 2.10. The van der Waals surface area contributed by atoms with Crippen molar-refractivity contribution < 1.29 is 0 Å². The fourth-order valence-electron chi connectivity index (χ4n) is 1.42. The molecule has 0 aliphatic rings. The summed E-state index contributed by atoms with van der Waals surface area (Å²) in [6.07, 6.45) is 7.01. The number of aryl methyl sites for hydroxylation is 1. The van der Waals surface area contributed by atoms with Gasteiger partial charge in [0.1, 0.15) is 5.82 Å². The molecular weight excluding hydrogens is 186 g/mol. The highest BCUT2D eigenvalue weighted by atomic mass is 14.9. The van der Waals surface area contributed by atoms with Crippen LogP contribution in [0.25, 0.3) is 0 Å². The fourth-order valence-corrected chi connectivity index (χ4v) is 1.42. The Morgan fingerprint density at radius 1 is 1.40 bits per heavy atom. The molecule has 1 rings (SSSR count). The van der Waals surface area contributed by atoms with Gasteiger partial charge in [0.25, 0.3) is 0 Å². The Morgan fingerprint density at radius 2 is 2.20 bits per heavy atom. The van der Waals surface area contributed by atoms with Crippen molar-refractivity contribution in [1.82, 2.24) is 9.97 Å². The molecule has 1 unspecified atom stereocenters. The molecule has 3 heteroatoms. The molecule has 1 heterocycles. The number of nitrogens with two attached hydrogens (primary N) is 1. The van der Waals surface area contributed by atoms with Gasteiger partial charge in [0.05, 0.1) is 0 Å². The summed E-state index contributed by atoms with van der Waals surface area (Å²) in [5.74, 6) is 0.956. The summed E-state index contributed by atoms with van der Waals surface area (Å²) >= 11 is 0. The van der Waals surface area contributed by atoms with Gasteiger partial charge in [-0.05, 0) is 18.9 Å². The first-order chi connectivity index (χ1) is 7.26. The van der Waals surface area contributed by atoms with E-state index in [1.165, 1.54) is 6.42 Å². The lowest BCUT2D eigenvalue weighted by Gasteiger charge is -2.08. The van der Waals surface area contributed by atoms with Crippen molar-refractivity contribution in [2.45, 2.75) is 52.0 Å². The van der Waals surface area contributed by atoms with Crippen LogP contribution in [0, 0.1) is 0 Å². The Kier molecular flexibility index (Phi) is 5.26. The molecule has 1 aromatic rings. The van der Waals surface area contributed by atoms with Crippen LogP contribution in [0.2, 0.25) is 0 Å². The standard InChI is InChI=1S/C12H21N3/c1-3-5-6-12-14-8-7-11(15-12)9-10(13)4-2/h7-8,10H,3-6,9,13H2,1-2H3. The third-order valence-corrected chi connectivity index (χ3v) is 2.51. The average molecular weight is 207 g/mol. The Morgan fingerprint density at radius 3 is 2.87 bits per heavy atom. The zero-order valence-corrected chi connectivity index (χ0v) is 9.74. The first-order valence-electron chi connectivity index (χ1n) is 5.82. The van der Waals surface area contributed by atoms with Crippen LogP contribution in [0.15, 0.2) is 12.3 Å². The van der Waals surface area contributed by atoms with Crippen molar-refractivity contribution >= 4 is 0 Å². The van der Waals surface area contributed by atoms with Crippen molar-refractivity contribution in [2.24, 2.45) is 5.73 Å². The molecule has 2 N–H and O–H groups in total. The Bertz CT molecular complexity index is 286. The molecule has 0 saturated heterocycles. The van der Waals surface area contributed by atoms with Gasteiger partial charge in [0.2, 0.25) is 0 Å². The van der Waals surface area contributed by atoms with Gasteiger partial charge in [-0.15, -0.1) is 0 Å². The van der Waals surface area contributed by atoms with E-state index in [1.54, 1.807) is 0 Å². The summed E-state index contributed by atoms with van der Waals surface area (Å²) in [6.45, 7) is 4.28. The highest BCUT2D eigenvalue weighted by molar-refractivity contribution is 5.04. The fraction of sp³-hybridized carbons (Fsp3) is 0.667. The molecule has 0 spiro atoms. The largest absolute Gasteiger partial charge is 0.327 e. The summed E-state index contributed by atoms with van der Waals surface area (Å²) < 4.78 is 0. The number of nitrogens with zero attached hydrogens (tertiary/aromatic N) is 2. The lowest BCUT2D eigenvalue weighted by molar-refractivity contribution is 0.630. The van der Waals surface area contributed by atoms with Crippen molar-refractivity contribution in [3.63, 3.8) is 0 Å². The summed E-state index contributed by atoms with van der Waals surface area (Å²) in [5, 5.41) is 0. The van der Waals surface area contributed by atoms with Gasteiger partial charge in [-0.25, -0.2) is 9.97 Å². The number of rotatable bonds is 6. The lowest BCUT2D eigenvalue weighted by atomic mass is 10.1. The Balaban J connectivity index is 2.57. The SMILES string of the molecule is CCCCc1nccc(CC(N)CC)n1. The van der Waals surface area contributed by atoms with E-state index in [2.05, 4.69) is 23.8 Å². The highest BCUT2D eigenvalue weighted by Gasteiger charge is 2.04. The van der Waals surface area contributed by atoms with E-state index in [1.807, 2.05) is 12.3 Å². The minimum absolute atomic E-state index is 0.221. The van der Waals surface area contributed by atoms with Crippen molar-refractivity contribution in [1.29, 1.82) is 0 Å². The smallest absolute Gasteiger partial charge is 0.128 e. The maximum atomic E-state index is 5.89. The van der Waals surface area contributed by atoms with Crippen LogP contribution in [-0.2, 0) is 12.8 Å². The van der Waals surface area contributed by atoms with E-state index in [9.17, 15) is 0 Å². The van der Waals surface area contributed by atoms with Crippen LogP contribution in [0.1, 0.15) is 44.6 Å². The van der Waals surface area contributed by atoms with Gasteiger partial charge in [-0.2, -0.15) is 0 Å². The van der Waals surface area contributed by atoms with E-state index in [0.29, 0.717) is 0 Å². The first-order valence-corrected chi connectivity index (χ1v) is 5.82. The Labute approximate surface area is 92.1 Å². The van der Waals surface area contributed by atoms with Crippen LogP contribution in [0.4, 0.5) is 0 Å². The number of hydrogen-bond donors (Lipinski definition) is 1. The van der Waals surface area contributed by atoms with Gasteiger partial charge < -0.3 is 5.73 Å². The maximum Gasteiger partial charge on any atom is 0.128 e. The van der Waals surface area contributed by atoms with Crippen LogP contribution in [0.3, 0.4) is 0 Å². The normalized spacial score (nSPS) is 12.7. The number of unbranched alkanes of at least 4 members (excludes halogenated alkanes) is 1. The van der Waals surface area contributed by atoms with Crippen LogP contribution >= 0.6 is 0 Å². The van der Waals surface area contributed by atoms with E-state index >= 15 is 0 Å². The first kappa shape index (κ1) is 12.1. The van der Waals surface area contributed by atoms with E-state index in [-0.39, 0.29) is 6.04 Å². The van der Waals surface area contributed by atoms with Crippen LogP contribution in [0.5, 0.6) is 0 Å². The van der Waals surface area contributed by atoms with E-state index in [4.69, 9.17) is 5.73 Å². The van der Waals surface area contributed by atoms with Gasteiger partial charge in [-0.3, -0.25) is 0 Å². The number of hydrogen-bond acceptors (Lipinski definition) is 3. The highest BCUT2D eigenvalue weighted by Crippen LogP contribution is 2.03. The molecule has 0 fully saturated rings. The maximum absolute atomic E-state index is 5.89. The van der Waals surface area contributed by atoms with E-state index < -0.39 is 0 Å². The number of aromatic nitrogens is 2. The third-order valence-electron chi connectivity index (χ3n) is 2.51. The quantitative estimate of drug-likeness (QED) is 0.777. The van der Waals surface area contributed by atoms with Crippen molar-refractivity contribution in [3.8, 4) is 0 Å². The molecule has 0 saturated carbocycles. The average Bonchev–Trinajstić information content (AvgIpc) is 2.26. The molecule has 1 aromatic heterocycles. The monoisotopic (exact) mass is 207 g/mol. The molecule has 3 nitrogen and oxygen atoms in total. The molecule has 15 heavy (non-hydrogen) atoms. The van der Waals surface area contributed by atoms with Crippen LogP contribution in [-0.4, -0.2) is 16.0 Å². The minimum atomic E-state index is 0.221. The summed E-state index contributed by atoms with van der Waals surface area (Å²) in [7, 11) is 0. The molecule has 0 aromatic carbocycles. The van der Waals surface area contributed by atoms with Gasteiger partial charge in [0.15, 0.2) is 0 Å². The van der Waals surface area contributed by atoms with E-state index in [0.717, 1.165) is 37.2 Å². The van der Waals surface area contributed by atoms with Gasteiger partial charge >= 0.3 is 0 Å². The predicted molar refractivity (Wildman–Crippen MR) is 62.6 cm³/mol. The zero-order valence-electron chi connectivity index (χ0n) is 9.74. The second kappa shape index (κ2) is 6.51. The molecular formula is C12H21N3. The minimum Gasteiger partial charge on any atom is -0.327 e. The van der Waals surface area contributed by atoms with Gasteiger partial charge in [-0.1, -0.05) is 20.3 Å². The van der Waals surface area contributed by atoms with Crippen molar-refractivity contribution in [2.75, 3.05) is 0 Å². The van der Waals surface area contributed by atoms with Crippen LogP contribution < -0.4 is 5.73 Å². The molecule has 0 amide bonds. The molecule has 0 radical (unpaired) electrons. The topological polar surface area (TPSA) is 51.8 Å². The zero-order chi connectivity index (χ0) is 11.1. The lowest BCUT2D eigenvalue weighted by Crippen LogP contribution is -2.22. The summed E-state index contributed by atoms with van der Waals surface area (Å²) in [4.78, 5) is 8.77. The summed E-state index contributed by atoms with van der Waals surface area (Å²) in [5.41, 5.74) is 6.97. The molecule has 0 aliphatic heterocycles. The second-order valence-electron chi connectivity index (χ2n) is 3.94. The molecule has 84 valence electrons. The molecule has 0 aliphatic carbocycles. The van der Waals surface area contributed by atoms with Gasteiger partial charge in [0, 0.05) is 30.8 Å². The third kappa shape index (κ3) is 4.38.